The maximum atomic E-state index is 11.9. The standard InChI is InChI=1S/C13H17BrN2O/c1-3-4-8(2)15-12-10-6-5-9(14)7-11(10)16-13(12)17/h5-8,12,15H,3-4H2,1-2H3,(H,16,17). The zero-order chi connectivity index (χ0) is 12.4. The van der Waals surface area contributed by atoms with Crippen molar-refractivity contribution in [2.75, 3.05) is 5.32 Å². The molecule has 0 aliphatic carbocycles. The van der Waals surface area contributed by atoms with Gasteiger partial charge in [-0.05, 0) is 25.5 Å². The first-order chi connectivity index (χ1) is 8.11. The van der Waals surface area contributed by atoms with Crippen LogP contribution in [-0.2, 0) is 4.79 Å². The molecule has 1 amide bonds. The molecule has 1 aliphatic rings. The van der Waals surface area contributed by atoms with Crippen molar-refractivity contribution in [1.29, 1.82) is 0 Å². The maximum Gasteiger partial charge on any atom is 0.246 e. The van der Waals surface area contributed by atoms with Gasteiger partial charge in [-0.25, -0.2) is 0 Å². The summed E-state index contributed by atoms with van der Waals surface area (Å²) in [6.45, 7) is 4.27. The fraction of sp³-hybridized carbons (Fsp3) is 0.462. The zero-order valence-electron chi connectivity index (χ0n) is 10.1. The van der Waals surface area contributed by atoms with Crippen LogP contribution in [0.3, 0.4) is 0 Å². The van der Waals surface area contributed by atoms with Gasteiger partial charge in [0.2, 0.25) is 5.91 Å². The summed E-state index contributed by atoms with van der Waals surface area (Å²) < 4.78 is 0.985. The van der Waals surface area contributed by atoms with Crippen LogP contribution in [0.1, 0.15) is 38.3 Å². The normalized spacial score (nSPS) is 19.9. The molecule has 3 nitrogen and oxygen atoms in total. The van der Waals surface area contributed by atoms with Crippen molar-refractivity contribution in [1.82, 2.24) is 5.32 Å². The van der Waals surface area contributed by atoms with Gasteiger partial charge in [0.1, 0.15) is 6.04 Å². The Kier molecular flexibility index (Phi) is 3.84. The molecule has 2 atom stereocenters. The fourth-order valence-electron chi connectivity index (χ4n) is 2.20. The van der Waals surface area contributed by atoms with Gasteiger partial charge in [-0.1, -0.05) is 35.3 Å². The van der Waals surface area contributed by atoms with E-state index in [0.717, 1.165) is 28.6 Å². The number of amides is 1. The smallest absolute Gasteiger partial charge is 0.246 e. The number of rotatable bonds is 4. The third-order valence-corrected chi connectivity index (χ3v) is 3.51. The third kappa shape index (κ3) is 2.69. The SMILES string of the molecule is CCCC(C)NC1C(=O)Nc2cc(Br)ccc21. The Labute approximate surface area is 110 Å². The van der Waals surface area contributed by atoms with Crippen molar-refractivity contribution in [3.05, 3.63) is 28.2 Å². The summed E-state index contributed by atoms with van der Waals surface area (Å²) in [5.74, 6) is 0.0426. The predicted octanol–water partition coefficient (Wildman–Crippen LogP) is 3.22. The van der Waals surface area contributed by atoms with Gasteiger partial charge in [-0.3, -0.25) is 10.1 Å². The molecule has 1 aromatic rings. The van der Waals surface area contributed by atoms with Crippen LogP contribution in [0, 0.1) is 0 Å². The number of fused-ring (bicyclic) bond motifs is 1. The number of carbonyl (C=O) groups is 1. The van der Waals surface area contributed by atoms with E-state index in [2.05, 4.69) is 40.4 Å². The van der Waals surface area contributed by atoms with Crippen molar-refractivity contribution in [2.45, 2.75) is 38.8 Å². The van der Waals surface area contributed by atoms with Gasteiger partial charge < -0.3 is 5.32 Å². The molecule has 1 aliphatic heterocycles. The van der Waals surface area contributed by atoms with E-state index in [1.54, 1.807) is 0 Å². The second-order valence-electron chi connectivity index (χ2n) is 4.51. The minimum atomic E-state index is -0.209. The van der Waals surface area contributed by atoms with E-state index in [1.165, 1.54) is 0 Å². The number of anilines is 1. The highest BCUT2D eigenvalue weighted by Gasteiger charge is 2.30. The summed E-state index contributed by atoms with van der Waals surface area (Å²) >= 11 is 3.41. The minimum Gasteiger partial charge on any atom is -0.324 e. The Bertz CT molecular complexity index is 433. The number of carbonyl (C=O) groups excluding carboxylic acids is 1. The van der Waals surface area contributed by atoms with E-state index >= 15 is 0 Å². The fourth-order valence-corrected chi connectivity index (χ4v) is 2.56. The first-order valence-corrected chi connectivity index (χ1v) is 6.77. The molecule has 4 heteroatoms. The van der Waals surface area contributed by atoms with Crippen LogP contribution in [0.25, 0.3) is 0 Å². The van der Waals surface area contributed by atoms with E-state index in [-0.39, 0.29) is 11.9 Å². The second kappa shape index (κ2) is 5.19. The molecule has 0 radical (unpaired) electrons. The van der Waals surface area contributed by atoms with Gasteiger partial charge in [-0.2, -0.15) is 0 Å². The molecule has 17 heavy (non-hydrogen) atoms. The summed E-state index contributed by atoms with van der Waals surface area (Å²) in [7, 11) is 0. The molecule has 2 N–H and O–H groups in total. The molecular formula is C13H17BrN2O. The maximum absolute atomic E-state index is 11.9. The second-order valence-corrected chi connectivity index (χ2v) is 5.43. The molecule has 92 valence electrons. The number of halogens is 1. The average Bonchev–Trinajstić information content (AvgIpc) is 2.55. The monoisotopic (exact) mass is 296 g/mol. The van der Waals surface area contributed by atoms with Crippen LogP contribution in [-0.4, -0.2) is 11.9 Å². The summed E-state index contributed by atoms with van der Waals surface area (Å²) in [6.07, 6.45) is 2.20. The van der Waals surface area contributed by atoms with Gasteiger partial charge in [-0.15, -0.1) is 0 Å². The molecule has 0 saturated heterocycles. The van der Waals surface area contributed by atoms with Crippen molar-refractivity contribution in [2.24, 2.45) is 0 Å². The lowest BCUT2D eigenvalue weighted by Crippen LogP contribution is -2.34. The Hall–Kier alpha value is -0.870. The Morgan fingerprint density at radius 2 is 2.29 bits per heavy atom. The zero-order valence-corrected chi connectivity index (χ0v) is 11.7. The summed E-state index contributed by atoms with van der Waals surface area (Å²) in [4.78, 5) is 11.9. The molecule has 0 bridgehead atoms. The number of hydrogen-bond acceptors (Lipinski definition) is 2. The molecular weight excluding hydrogens is 280 g/mol. The number of benzene rings is 1. The highest BCUT2D eigenvalue weighted by atomic mass is 79.9. The molecule has 1 aromatic carbocycles. The summed E-state index contributed by atoms with van der Waals surface area (Å²) in [6, 6.07) is 6.05. The first kappa shape index (κ1) is 12.6. The third-order valence-electron chi connectivity index (χ3n) is 3.02. The van der Waals surface area contributed by atoms with Crippen LogP contribution in [0.4, 0.5) is 5.69 Å². The number of nitrogens with one attached hydrogen (secondary N) is 2. The summed E-state index contributed by atoms with van der Waals surface area (Å²) in [5.41, 5.74) is 1.95. The van der Waals surface area contributed by atoms with Crippen LogP contribution < -0.4 is 10.6 Å². The van der Waals surface area contributed by atoms with Crippen molar-refractivity contribution < 1.29 is 4.79 Å². The van der Waals surface area contributed by atoms with Gasteiger partial charge >= 0.3 is 0 Å². The minimum absolute atomic E-state index is 0.0426. The average molecular weight is 297 g/mol. The molecule has 2 unspecified atom stereocenters. The van der Waals surface area contributed by atoms with Gasteiger partial charge in [0, 0.05) is 21.8 Å². The van der Waals surface area contributed by atoms with E-state index in [9.17, 15) is 4.79 Å². The van der Waals surface area contributed by atoms with Crippen LogP contribution in [0.5, 0.6) is 0 Å². The highest BCUT2D eigenvalue weighted by Crippen LogP contribution is 2.33. The van der Waals surface area contributed by atoms with Crippen molar-refractivity contribution in [3.63, 3.8) is 0 Å². The Morgan fingerprint density at radius 3 is 3.00 bits per heavy atom. The lowest BCUT2D eigenvalue weighted by atomic mass is 10.1. The molecule has 0 fully saturated rings. The van der Waals surface area contributed by atoms with E-state index in [0.29, 0.717) is 6.04 Å². The predicted molar refractivity (Wildman–Crippen MR) is 73.0 cm³/mol. The molecule has 0 spiro atoms. The molecule has 2 rings (SSSR count). The Balaban J connectivity index is 2.17. The quantitative estimate of drug-likeness (QED) is 0.896. The first-order valence-electron chi connectivity index (χ1n) is 5.98. The lowest BCUT2D eigenvalue weighted by molar-refractivity contribution is -0.117. The van der Waals surface area contributed by atoms with Crippen molar-refractivity contribution >= 4 is 27.5 Å². The number of hydrogen-bond donors (Lipinski definition) is 2. The largest absolute Gasteiger partial charge is 0.324 e. The van der Waals surface area contributed by atoms with Crippen molar-refractivity contribution in [3.8, 4) is 0 Å². The molecule has 1 heterocycles. The van der Waals surface area contributed by atoms with Crippen LogP contribution in [0.15, 0.2) is 22.7 Å². The Morgan fingerprint density at radius 1 is 1.53 bits per heavy atom. The van der Waals surface area contributed by atoms with Crippen LogP contribution in [0.2, 0.25) is 0 Å². The van der Waals surface area contributed by atoms with Crippen LogP contribution >= 0.6 is 15.9 Å². The summed E-state index contributed by atoms with van der Waals surface area (Å²) in [5, 5.41) is 6.28. The van der Waals surface area contributed by atoms with Gasteiger partial charge in [0.05, 0.1) is 0 Å². The van der Waals surface area contributed by atoms with E-state index in [1.807, 2.05) is 18.2 Å². The van der Waals surface area contributed by atoms with Gasteiger partial charge in [0.25, 0.3) is 0 Å². The highest BCUT2D eigenvalue weighted by molar-refractivity contribution is 9.10. The van der Waals surface area contributed by atoms with Gasteiger partial charge in [0.15, 0.2) is 0 Å². The topological polar surface area (TPSA) is 41.1 Å². The molecule has 0 saturated carbocycles. The van der Waals surface area contributed by atoms with E-state index < -0.39 is 0 Å². The molecule has 0 aromatic heterocycles. The van der Waals surface area contributed by atoms with E-state index in [4.69, 9.17) is 0 Å². The lowest BCUT2D eigenvalue weighted by Gasteiger charge is -2.17.